The summed E-state index contributed by atoms with van der Waals surface area (Å²) in [6.07, 6.45) is 1.81. The second kappa shape index (κ2) is 5.66. The lowest BCUT2D eigenvalue weighted by atomic mass is 10.0. The molecule has 2 aromatic rings. The molecule has 0 radical (unpaired) electrons. The van der Waals surface area contributed by atoms with Crippen LogP contribution in [0.15, 0.2) is 16.6 Å². The molecule has 0 unspecified atom stereocenters. The molecule has 20 heavy (non-hydrogen) atoms. The number of nitrogens with one attached hydrogen (secondary N) is 1. The van der Waals surface area contributed by atoms with Gasteiger partial charge in [-0.2, -0.15) is 0 Å². The predicted octanol–water partition coefficient (Wildman–Crippen LogP) is 4.03. The van der Waals surface area contributed by atoms with Gasteiger partial charge >= 0.3 is 0 Å². The van der Waals surface area contributed by atoms with Gasteiger partial charge in [0.15, 0.2) is 0 Å². The Balaban J connectivity index is 2.24. The standard InChI is InChI=1S/C15H16BrFN2O/c1-2-4-18-15-9-6-11(16)12(17)7-14(9)19-13-3-5-20-8-10(13)15/h6-7H,2-5,8H2,1H3,(H,18,19). The van der Waals surface area contributed by atoms with Crippen LogP contribution in [0.1, 0.15) is 24.6 Å². The maximum Gasteiger partial charge on any atom is 0.139 e. The number of aromatic nitrogens is 1. The maximum atomic E-state index is 13.7. The predicted molar refractivity (Wildman–Crippen MR) is 81.5 cm³/mol. The molecule has 0 saturated carbocycles. The molecule has 2 heterocycles. The molecule has 3 nitrogen and oxygen atoms in total. The van der Waals surface area contributed by atoms with Crippen LogP contribution in [0.3, 0.4) is 0 Å². The fraction of sp³-hybridized carbons (Fsp3) is 0.400. The Kier molecular flexibility index (Phi) is 3.89. The van der Waals surface area contributed by atoms with Crippen molar-refractivity contribution in [1.29, 1.82) is 0 Å². The summed E-state index contributed by atoms with van der Waals surface area (Å²) in [5, 5.41) is 4.39. The molecular formula is C15H16BrFN2O. The first-order valence-electron chi connectivity index (χ1n) is 6.82. The van der Waals surface area contributed by atoms with Gasteiger partial charge in [-0.3, -0.25) is 4.98 Å². The van der Waals surface area contributed by atoms with Gasteiger partial charge in [0.25, 0.3) is 0 Å². The van der Waals surface area contributed by atoms with E-state index in [1.165, 1.54) is 6.07 Å². The summed E-state index contributed by atoms with van der Waals surface area (Å²) in [7, 11) is 0. The summed E-state index contributed by atoms with van der Waals surface area (Å²) in [6.45, 7) is 4.24. The number of anilines is 1. The molecule has 1 N–H and O–H groups in total. The van der Waals surface area contributed by atoms with Crippen LogP contribution in [0.2, 0.25) is 0 Å². The van der Waals surface area contributed by atoms with Crippen molar-refractivity contribution in [2.45, 2.75) is 26.4 Å². The second-order valence-electron chi connectivity index (χ2n) is 4.92. The Morgan fingerprint density at radius 2 is 2.30 bits per heavy atom. The summed E-state index contributed by atoms with van der Waals surface area (Å²) in [6, 6.07) is 3.29. The van der Waals surface area contributed by atoms with Crippen LogP contribution >= 0.6 is 15.9 Å². The first-order chi connectivity index (χ1) is 9.70. The van der Waals surface area contributed by atoms with Crippen molar-refractivity contribution in [2.24, 2.45) is 0 Å². The first kappa shape index (κ1) is 13.8. The summed E-state index contributed by atoms with van der Waals surface area (Å²) >= 11 is 3.25. The average Bonchev–Trinajstić information content (AvgIpc) is 2.45. The van der Waals surface area contributed by atoms with Crippen molar-refractivity contribution in [3.05, 3.63) is 33.7 Å². The van der Waals surface area contributed by atoms with Crippen molar-refractivity contribution in [2.75, 3.05) is 18.5 Å². The number of pyridine rings is 1. The van der Waals surface area contributed by atoms with E-state index >= 15 is 0 Å². The molecule has 0 spiro atoms. The lowest BCUT2D eigenvalue weighted by Gasteiger charge is -2.22. The summed E-state index contributed by atoms with van der Waals surface area (Å²) in [5.74, 6) is -0.279. The van der Waals surface area contributed by atoms with Crippen LogP contribution in [0, 0.1) is 5.82 Å². The van der Waals surface area contributed by atoms with Crippen LogP contribution in [-0.4, -0.2) is 18.1 Å². The third kappa shape index (κ3) is 2.40. The van der Waals surface area contributed by atoms with Gasteiger partial charge in [-0.05, 0) is 28.4 Å². The molecule has 0 fully saturated rings. The van der Waals surface area contributed by atoms with Crippen molar-refractivity contribution in [1.82, 2.24) is 4.98 Å². The van der Waals surface area contributed by atoms with Gasteiger partial charge in [-0.15, -0.1) is 0 Å². The molecule has 0 saturated heterocycles. The topological polar surface area (TPSA) is 34.2 Å². The highest BCUT2D eigenvalue weighted by molar-refractivity contribution is 9.10. The number of hydrogen-bond acceptors (Lipinski definition) is 3. The fourth-order valence-corrected chi connectivity index (χ4v) is 2.85. The fourth-order valence-electron chi connectivity index (χ4n) is 2.51. The van der Waals surface area contributed by atoms with Gasteiger partial charge < -0.3 is 10.1 Å². The minimum absolute atomic E-state index is 0.279. The molecule has 5 heteroatoms. The molecule has 0 aliphatic carbocycles. The highest BCUT2D eigenvalue weighted by Gasteiger charge is 2.19. The van der Waals surface area contributed by atoms with Crippen molar-refractivity contribution in [3.63, 3.8) is 0 Å². The van der Waals surface area contributed by atoms with E-state index in [4.69, 9.17) is 4.74 Å². The molecule has 0 amide bonds. The highest BCUT2D eigenvalue weighted by atomic mass is 79.9. The van der Waals surface area contributed by atoms with Crippen molar-refractivity contribution < 1.29 is 9.13 Å². The quantitative estimate of drug-likeness (QED) is 0.917. The normalized spacial score (nSPS) is 14.3. The smallest absolute Gasteiger partial charge is 0.139 e. The molecule has 0 bridgehead atoms. The summed E-state index contributed by atoms with van der Waals surface area (Å²) in [4.78, 5) is 4.61. The molecular weight excluding hydrogens is 323 g/mol. The van der Waals surface area contributed by atoms with Gasteiger partial charge in [0.1, 0.15) is 5.82 Å². The molecule has 0 atom stereocenters. The number of benzene rings is 1. The highest BCUT2D eigenvalue weighted by Crippen LogP contribution is 2.34. The van der Waals surface area contributed by atoms with Gasteiger partial charge in [0, 0.05) is 30.0 Å². The largest absolute Gasteiger partial charge is 0.384 e. The molecule has 1 aliphatic rings. The lowest BCUT2D eigenvalue weighted by Crippen LogP contribution is -2.16. The van der Waals surface area contributed by atoms with Gasteiger partial charge in [0.05, 0.1) is 34.6 Å². The van der Waals surface area contributed by atoms with Crippen molar-refractivity contribution in [3.8, 4) is 0 Å². The minimum atomic E-state index is -0.279. The zero-order chi connectivity index (χ0) is 14.1. The number of fused-ring (bicyclic) bond motifs is 2. The zero-order valence-corrected chi connectivity index (χ0v) is 12.9. The Bertz CT molecular complexity index is 660. The lowest BCUT2D eigenvalue weighted by molar-refractivity contribution is 0.110. The third-order valence-electron chi connectivity index (χ3n) is 3.49. The van der Waals surface area contributed by atoms with Crippen LogP contribution < -0.4 is 5.32 Å². The number of hydrogen-bond donors (Lipinski definition) is 1. The van der Waals surface area contributed by atoms with E-state index < -0.39 is 0 Å². The molecule has 1 aliphatic heterocycles. The molecule has 1 aromatic carbocycles. The molecule has 3 rings (SSSR count). The van der Waals surface area contributed by atoms with Gasteiger partial charge in [-0.25, -0.2) is 4.39 Å². The zero-order valence-electron chi connectivity index (χ0n) is 11.3. The first-order valence-corrected chi connectivity index (χ1v) is 7.62. The minimum Gasteiger partial charge on any atom is -0.384 e. The monoisotopic (exact) mass is 338 g/mol. The Morgan fingerprint density at radius 1 is 1.45 bits per heavy atom. The van der Waals surface area contributed by atoms with Crippen LogP contribution in [0.4, 0.5) is 10.1 Å². The molecule has 1 aromatic heterocycles. The molecule has 106 valence electrons. The van der Waals surface area contributed by atoms with E-state index in [1.807, 2.05) is 0 Å². The number of nitrogens with zero attached hydrogens (tertiary/aromatic N) is 1. The Labute approximate surface area is 125 Å². The third-order valence-corrected chi connectivity index (χ3v) is 4.10. The Hall–Kier alpha value is -1.20. The maximum absolute atomic E-state index is 13.7. The van der Waals surface area contributed by atoms with E-state index in [0.717, 1.165) is 41.7 Å². The van der Waals surface area contributed by atoms with E-state index in [2.05, 4.69) is 33.2 Å². The number of rotatable bonds is 3. The summed E-state index contributed by atoms with van der Waals surface area (Å²) in [5.41, 5.74) is 3.86. The van der Waals surface area contributed by atoms with Crippen LogP contribution in [0.5, 0.6) is 0 Å². The average molecular weight is 339 g/mol. The van der Waals surface area contributed by atoms with Crippen LogP contribution in [0.25, 0.3) is 10.9 Å². The Morgan fingerprint density at radius 3 is 3.10 bits per heavy atom. The van der Waals surface area contributed by atoms with Crippen LogP contribution in [-0.2, 0) is 17.8 Å². The van der Waals surface area contributed by atoms with Gasteiger partial charge in [-0.1, -0.05) is 6.92 Å². The van der Waals surface area contributed by atoms with Gasteiger partial charge in [0.2, 0.25) is 0 Å². The van der Waals surface area contributed by atoms with E-state index in [0.29, 0.717) is 23.2 Å². The van der Waals surface area contributed by atoms with E-state index in [-0.39, 0.29) is 5.82 Å². The number of halogens is 2. The van der Waals surface area contributed by atoms with Crippen molar-refractivity contribution >= 4 is 32.5 Å². The summed E-state index contributed by atoms with van der Waals surface area (Å²) < 4.78 is 19.7. The SMILES string of the molecule is CCCNc1c2c(nc3cc(F)c(Br)cc13)CCOC2. The number of ether oxygens (including phenoxy) is 1. The van der Waals surface area contributed by atoms with E-state index in [9.17, 15) is 4.39 Å². The second-order valence-corrected chi connectivity index (χ2v) is 5.78. The van der Waals surface area contributed by atoms with E-state index in [1.54, 1.807) is 6.07 Å².